The summed E-state index contributed by atoms with van der Waals surface area (Å²) in [5, 5.41) is 10.5. The lowest BCUT2D eigenvalue weighted by Gasteiger charge is -2.09. The van der Waals surface area contributed by atoms with Crippen molar-refractivity contribution in [2.24, 2.45) is 0 Å². The van der Waals surface area contributed by atoms with Crippen LogP contribution in [0.3, 0.4) is 0 Å². The lowest BCUT2D eigenvalue weighted by atomic mass is 9.97. The maximum Gasteiger partial charge on any atom is 0.260 e. The summed E-state index contributed by atoms with van der Waals surface area (Å²) in [6, 6.07) is 4.96. The molecule has 0 atom stereocenters. The number of nitrogens with one attached hydrogen (secondary N) is 1. The Morgan fingerprint density at radius 2 is 2.14 bits per heavy atom. The van der Waals surface area contributed by atoms with E-state index in [1.807, 2.05) is 6.08 Å². The van der Waals surface area contributed by atoms with Gasteiger partial charge in [-0.25, -0.2) is 4.98 Å². The monoisotopic (exact) mass is 390 g/mol. The van der Waals surface area contributed by atoms with E-state index in [9.17, 15) is 10.1 Å². The molecule has 0 aliphatic heterocycles. The molecule has 0 unspecified atom stereocenters. The number of thiophene rings is 1. The van der Waals surface area contributed by atoms with Crippen LogP contribution in [0.5, 0.6) is 0 Å². The Hall–Kier alpha value is -2.65. The molecule has 1 N–H and O–H groups in total. The summed E-state index contributed by atoms with van der Waals surface area (Å²) in [5.74, 6) is 0.370. The molecule has 0 spiro atoms. The average Bonchev–Trinajstić information content (AvgIpc) is 3.37. The van der Waals surface area contributed by atoms with Crippen molar-refractivity contribution in [1.29, 1.82) is 5.26 Å². The van der Waals surface area contributed by atoms with Crippen LogP contribution >= 0.6 is 11.3 Å². The van der Waals surface area contributed by atoms with Crippen LogP contribution in [0.15, 0.2) is 10.9 Å². The highest BCUT2D eigenvalue weighted by Crippen LogP contribution is 2.39. The number of fused-ring (bicyclic) bond motifs is 3. The van der Waals surface area contributed by atoms with Crippen LogP contribution in [0.2, 0.25) is 0 Å². The van der Waals surface area contributed by atoms with Crippen molar-refractivity contribution in [1.82, 2.24) is 14.5 Å². The van der Waals surface area contributed by atoms with E-state index in [1.165, 1.54) is 41.1 Å². The number of hydrogen-bond donors (Lipinski definition) is 1. The van der Waals surface area contributed by atoms with Crippen LogP contribution in [0.1, 0.15) is 64.9 Å². The maximum absolute atomic E-state index is 12.8. The molecule has 5 nitrogen and oxygen atoms in total. The molecule has 0 bridgehead atoms. The normalized spacial score (nSPS) is 17.0. The summed E-state index contributed by atoms with van der Waals surface area (Å²) in [4.78, 5) is 22.4. The number of aromatic nitrogens is 3. The van der Waals surface area contributed by atoms with Crippen LogP contribution in [0.4, 0.5) is 0 Å². The lowest BCUT2D eigenvalue weighted by Crippen LogP contribution is -2.12. The van der Waals surface area contributed by atoms with Crippen molar-refractivity contribution >= 4 is 33.2 Å². The van der Waals surface area contributed by atoms with Crippen molar-refractivity contribution in [2.45, 2.75) is 58.4 Å². The number of hydrogen-bond acceptors (Lipinski definition) is 4. The minimum Gasteiger partial charge on any atom is -0.346 e. The minimum absolute atomic E-state index is 0.121. The molecule has 3 aromatic heterocycles. The first-order valence-electron chi connectivity index (χ1n) is 9.92. The zero-order valence-electron chi connectivity index (χ0n) is 16.1. The van der Waals surface area contributed by atoms with E-state index in [2.05, 4.69) is 40.5 Å². The zero-order valence-corrected chi connectivity index (χ0v) is 16.9. The molecular formula is C22H22N4OS. The van der Waals surface area contributed by atoms with Gasteiger partial charge in [0.05, 0.1) is 11.0 Å². The van der Waals surface area contributed by atoms with Gasteiger partial charge >= 0.3 is 0 Å². The van der Waals surface area contributed by atoms with Crippen LogP contribution in [0.25, 0.3) is 21.9 Å². The van der Waals surface area contributed by atoms with E-state index in [4.69, 9.17) is 0 Å². The van der Waals surface area contributed by atoms with Crippen molar-refractivity contribution in [2.75, 3.05) is 0 Å². The second-order valence-electron chi connectivity index (χ2n) is 7.90. The minimum atomic E-state index is -0.121. The fourth-order valence-electron chi connectivity index (χ4n) is 4.44. The van der Waals surface area contributed by atoms with Gasteiger partial charge < -0.3 is 9.55 Å². The van der Waals surface area contributed by atoms with Crippen LogP contribution < -0.4 is 5.56 Å². The Balaban J connectivity index is 1.62. The molecule has 3 heterocycles. The highest BCUT2D eigenvalue weighted by Gasteiger charge is 2.27. The van der Waals surface area contributed by atoms with E-state index in [1.54, 1.807) is 11.3 Å². The van der Waals surface area contributed by atoms with Gasteiger partial charge in [0.15, 0.2) is 5.82 Å². The predicted octanol–water partition coefficient (Wildman–Crippen LogP) is 4.68. The summed E-state index contributed by atoms with van der Waals surface area (Å²) >= 11 is 1.61. The van der Waals surface area contributed by atoms with Gasteiger partial charge in [-0.05, 0) is 75.6 Å². The molecule has 0 amide bonds. The van der Waals surface area contributed by atoms with Gasteiger partial charge in [-0.15, -0.1) is 11.3 Å². The first-order chi connectivity index (χ1) is 13.6. The van der Waals surface area contributed by atoms with E-state index in [0.29, 0.717) is 17.4 Å². The number of nitrogens with zero attached hydrogens (tertiary/aromatic N) is 3. The summed E-state index contributed by atoms with van der Waals surface area (Å²) in [7, 11) is 0. The van der Waals surface area contributed by atoms with Crippen molar-refractivity contribution in [3.05, 3.63) is 49.6 Å². The van der Waals surface area contributed by atoms with Gasteiger partial charge in [-0.1, -0.05) is 0 Å². The molecule has 3 aromatic rings. The highest BCUT2D eigenvalue weighted by atomic mass is 32.1. The Morgan fingerprint density at radius 1 is 1.36 bits per heavy atom. The van der Waals surface area contributed by atoms with Crippen LogP contribution in [-0.4, -0.2) is 14.5 Å². The molecule has 1 fully saturated rings. The largest absolute Gasteiger partial charge is 0.346 e. The van der Waals surface area contributed by atoms with Crippen molar-refractivity contribution < 1.29 is 0 Å². The average molecular weight is 391 g/mol. The van der Waals surface area contributed by atoms with Gasteiger partial charge in [0.1, 0.15) is 10.9 Å². The molecule has 142 valence electrons. The van der Waals surface area contributed by atoms with Gasteiger partial charge in [0.25, 0.3) is 5.56 Å². The Kier molecular flexibility index (Phi) is 4.02. The topological polar surface area (TPSA) is 74.5 Å². The van der Waals surface area contributed by atoms with Crippen molar-refractivity contribution in [3.63, 3.8) is 0 Å². The molecule has 1 saturated carbocycles. The molecule has 6 heteroatoms. The number of nitriles is 1. The predicted molar refractivity (Wildman–Crippen MR) is 113 cm³/mol. The first-order valence-corrected chi connectivity index (χ1v) is 10.7. The number of rotatable bonds is 3. The van der Waals surface area contributed by atoms with Crippen LogP contribution in [0, 0.1) is 25.2 Å². The molecule has 2 aliphatic carbocycles. The van der Waals surface area contributed by atoms with E-state index >= 15 is 0 Å². The van der Waals surface area contributed by atoms with E-state index < -0.39 is 0 Å². The number of aromatic amines is 1. The Bertz CT molecular complexity index is 1230. The molecule has 0 saturated heterocycles. The lowest BCUT2D eigenvalue weighted by molar-refractivity contribution is 0.699. The van der Waals surface area contributed by atoms with Crippen molar-refractivity contribution in [3.8, 4) is 6.07 Å². The summed E-state index contributed by atoms with van der Waals surface area (Å²) in [6.45, 7) is 4.20. The first kappa shape index (κ1) is 17.4. The summed E-state index contributed by atoms with van der Waals surface area (Å²) in [6.07, 6.45) is 8.58. The van der Waals surface area contributed by atoms with Gasteiger partial charge in [-0.2, -0.15) is 5.26 Å². The Morgan fingerprint density at radius 3 is 2.89 bits per heavy atom. The Labute approximate surface area is 167 Å². The SMILES string of the molecule is Cc1cc(/C=C(/C#N)c2nc3sc4c(c3c(=O)[nH]2)CCCC4)c(C)n1C1CC1. The molecule has 2 aliphatic rings. The number of allylic oxidation sites excluding steroid dienone is 1. The summed E-state index contributed by atoms with van der Waals surface area (Å²) < 4.78 is 2.35. The third-order valence-electron chi connectivity index (χ3n) is 5.94. The zero-order chi connectivity index (χ0) is 19.4. The quantitative estimate of drug-likeness (QED) is 0.660. The molecular weight excluding hydrogens is 368 g/mol. The number of H-pyrrole nitrogens is 1. The van der Waals surface area contributed by atoms with Crippen LogP contribution in [-0.2, 0) is 12.8 Å². The van der Waals surface area contributed by atoms with Gasteiger partial charge in [0.2, 0.25) is 0 Å². The van der Waals surface area contributed by atoms with Gasteiger partial charge in [0, 0.05) is 22.3 Å². The molecule has 0 radical (unpaired) electrons. The summed E-state index contributed by atoms with van der Waals surface area (Å²) in [5.41, 5.74) is 4.86. The van der Waals surface area contributed by atoms with E-state index in [-0.39, 0.29) is 5.56 Å². The smallest absolute Gasteiger partial charge is 0.260 e. The maximum atomic E-state index is 12.8. The molecule has 0 aromatic carbocycles. The standard InChI is InChI=1S/C22H22N4OS/c1-12-9-14(13(2)26(12)16-7-8-16)10-15(11-23)20-24-21(27)19-17-5-3-4-6-18(17)28-22(19)25-20/h9-10,16H,3-8H2,1-2H3,(H,24,25,27)/b15-10-. The highest BCUT2D eigenvalue weighted by molar-refractivity contribution is 7.18. The molecule has 5 rings (SSSR count). The third kappa shape index (κ3) is 2.73. The third-order valence-corrected chi connectivity index (χ3v) is 7.12. The van der Waals surface area contributed by atoms with Gasteiger partial charge in [-0.3, -0.25) is 4.79 Å². The fraction of sp³-hybridized carbons (Fsp3) is 0.409. The number of aryl methyl sites for hydroxylation is 3. The molecule has 28 heavy (non-hydrogen) atoms. The second kappa shape index (κ2) is 6.46. The second-order valence-corrected chi connectivity index (χ2v) is 8.99. The van der Waals surface area contributed by atoms with E-state index in [0.717, 1.165) is 35.0 Å². The fourth-order valence-corrected chi connectivity index (χ4v) is 5.71.